The molecular formula is C21H36O. The quantitative estimate of drug-likeness (QED) is 0.620. The van der Waals surface area contributed by atoms with Gasteiger partial charge in [-0.25, -0.2) is 0 Å². The standard InChI is InChI=1S/C21H36O/c1-11(2)16-17(12(3)4)19(14(7)8)21(22)20(15(9)10)18(16)13(5)6/h11-15,22H,1-10H3. The van der Waals surface area contributed by atoms with Crippen molar-refractivity contribution in [2.45, 2.75) is 98.8 Å². The van der Waals surface area contributed by atoms with Gasteiger partial charge < -0.3 is 5.11 Å². The molecule has 0 heterocycles. The fourth-order valence-electron chi connectivity index (χ4n) is 3.87. The van der Waals surface area contributed by atoms with Gasteiger partial charge in [0, 0.05) is 11.1 Å². The van der Waals surface area contributed by atoms with Crippen molar-refractivity contribution in [2.75, 3.05) is 0 Å². The van der Waals surface area contributed by atoms with Crippen LogP contribution in [0.1, 0.15) is 127 Å². The maximum absolute atomic E-state index is 11.1. The number of hydrogen-bond acceptors (Lipinski definition) is 1. The van der Waals surface area contributed by atoms with Crippen LogP contribution >= 0.6 is 0 Å². The third-order valence-corrected chi connectivity index (χ3v) is 4.56. The predicted molar refractivity (Wildman–Crippen MR) is 98.6 cm³/mol. The van der Waals surface area contributed by atoms with Gasteiger partial charge in [-0.15, -0.1) is 0 Å². The van der Waals surface area contributed by atoms with Gasteiger partial charge in [0.1, 0.15) is 5.75 Å². The monoisotopic (exact) mass is 304 g/mol. The van der Waals surface area contributed by atoms with Crippen LogP contribution in [-0.2, 0) is 0 Å². The Morgan fingerprint density at radius 2 is 0.591 bits per heavy atom. The SMILES string of the molecule is CC(C)c1c(O)c(C(C)C)c(C(C)C)c(C(C)C)c1C(C)C. The minimum Gasteiger partial charge on any atom is -0.507 e. The first-order chi connectivity index (χ1) is 10.0. The molecule has 1 heteroatoms. The van der Waals surface area contributed by atoms with E-state index < -0.39 is 0 Å². The minimum absolute atomic E-state index is 0.341. The first-order valence-corrected chi connectivity index (χ1v) is 8.94. The number of benzene rings is 1. The lowest BCUT2D eigenvalue weighted by atomic mass is 9.73. The molecule has 0 aromatic heterocycles. The highest BCUT2D eigenvalue weighted by molar-refractivity contribution is 5.60. The number of phenolic OH excluding ortho intramolecular Hbond substituents is 1. The van der Waals surface area contributed by atoms with E-state index in [9.17, 15) is 5.11 Å². The molecule has 0 atom stereocenters. The molecular weight excluding hydrogens is 268 g/mol. The van der Waals surface area contributed by atoms with E-state index in [1.165, 1.54) is 27.8 Å². The van der Waals surface area contributed by atoms with Gasteiger partial charge in [-0.3, -0.25) is 0 Å². The molecule has 0 saturated heterocycles. The van der Waals surface area contributed by atoms with Gasteiger partial charge in [-0.1, -0.05) is 69.2 Å². The highest BCUT2D eigenvalue weighted by Gasteiger charge is 2.29. The molecule has 0 aliphatic rings. The number of phenols is 1. The smallest absolute Gasteiger partial charge is 0.123 e. The second-order valence-electron chi connectivity index (χ2n) is 8.19. The Labute approximate surface area is 138 Å². The molecule has 1 aromatic carbocycles. The summed E-state index contributed by atoms with van der Waals surface area (Å²) in [5.74, 6) is 2.58. The van der Waals surface area contributed by atoms with Gasteiger partial charge >= 0.3 is 0 Å². The van der Waals surface area contributed by atoms with Crippen LogP contribution in [0.4, 0.5) is 0 Å². The summed E-state index contributed by atoms with van der Waals surface area (Å²) in [6, 6.07) is 0. The van der Waals surface area contributed by atoms with Crippen LogP contribution in [0.2, 0.25) is 0 Å². The normalized spacial score (nSPS) is 12.5. The van der Waals surface area contributed by atoms with Crippen molar-refractivity contribution < 1.29 is 5.11 Å². The Morgan fingerprint density at radius 1 is 0.409 bits per heavy atom. The van der Waals surface area contributed by atoms with Crippen LogP contribution < -0.4 is 0 Å². The number of rotatable bonds is 5. The Kier molecular flexibility index (Phi) is 6.12. The van der Waals surface area contributed by atoms with Gasteiger partial charge in [-0.2, -0.15) is 0 Å². The second-order valence-corrected chi connectivity index (χ2v) is 8.19. The van der Waals surface area contributed by atoms with E-state index in [1.54, 1.807) is 0 Å². The van der Waals surface area contributed by atoms with Crippen molar-refractivity contribution >= 4 is 0 Å². The maximum atomic E-state index is 11.1. The summed E-state index contributed by atoms with van der Waals surface area (Å²) in [4.78, 5) is 0. The van der Waals surface area contributed by atoms with Crippen LogP contribution in [0.25, 0.3) is 0 Å². The van der Waals surface area contributed by atoms with Crippen LogP contribution in [0, 0.1) is 0 Å². The van der Waals surface area contributed by atoms with E-state index >= 15 is 0 Å². The van der Waals surface area contributed by atoms with Gasteiger partial charge in [0.05, 0.1) is 0 Å². The van der Waals surface area contributed by atoms with E-state index in [-0.39, 0.29) is 0 Å². The van der Waals surface area contributed by atoms with Crippen LogP contribution in [0.5, 0.6) is 5.75 Å². The molecule has 1 aromatic rings. The van der Waals surface area contributed by atoms with Crippen LogP contribution in [0.15, 0.2) is 0 Å². The van der Waals surface area contributed by atoms with Crippen molar-refractivity contribution in [3.05, 3.63) is 27.8 Å². The molecule has 0 bridgehead atoms. The molecule has 0 aliphatic heterocycles. The maximum Gasteiger partial charge on any atom is 0.123 e. The zero-order valence-corrected chi connectivity index (χ0v) is 16.3. The summed E-state index contributed by atoms with van der Waals surface area (Å²) in [6.07, 6.45) is 0. The summed E-state index contributed by atoms with van der Waals surface area (Å²) in [7, 11) is 0. The van der Waals surface area contributed by atoms with E-state index in [4.69, 9.17) is 0 Å². The lowest BCUT2D eigenvalue weighted by Crippen LogP contribution is -2.14. The summed E-state index contributed by atoms with van der Waals surface area (Å²) in [5.41, 5.74) is 6.60. The Hall–Kier alpha value is -0.980. The first kappa shape index (κ1) is 19.1. The molecule has 0 aliphatic carbocycles. The molecule has 0 amide bonds. The molecule has 1 N–H and O–H groups in total. The topological polar surface area (TPSA) is 20.2 Å². The minimum atomic E-state index is 0.341. The number of aromatic hydroxyl groups is 1. The highest BCUT2D eigenvalue weighted by Crippen LogP contribution is 2.48. The van der Waals surface area contributed by atoms with E-state index in [0.29, 0.717) is 35.3 Å². The molecule has 0 radical (unpaired) electrons. The van der Waals surface area contributed by atoms with E-state index in [2.05, 4.69) is 69.2 Å². The Bertz CT molecular complexity index is 478. The summed E-state index contributed by atoms with van der Waals surface area (Å²) in [5, 5.41) is 11.1. The lowest BCUT2D eigenvalue weighted by molar-refractivity contribution is 0.448. The second kappa shape index (κ2) is 7.06. The Balaban J connectivity index is 4.07. The summed E-state index contributed by atoms with van der Waals surface area (Å²) >= 11 is 0. The van der Waals surface area contributed by atoms with Crippen LogP contribution in [-0.4, -0.2) is 5.11 Å². The van der Waals surface area contributed by atoms with Gasteiger partial charge in [0.15, 0.2) is 0 Å². The van der Waals surface area contributed by atoms with Crippen molar-refractivity contribution in [3.8, 4) is 5.75 Å². The predicted octanol–water partition coefficient (Wildman–Crippen LogP) is 7.01. The average molecular weight is 305 g/mol. The molecule has 0 fully saturated rings. The van der Waals surface area contributed by atoms with Crippen LogP contribution in [0.3, 0.4) is 0 Å². The van der Waals surface area contributed by atoms with E-state index in [0.717, 1.165) is 0 Å². The third-order valence-electron chi connectivity index (χ3n) is 4.56. The molecule has 0 saturated carbocycles. The van der Waals surface area contributed by atoms with Gasteiger partial charge in [0.25, 0.3) is 0 Å². The molecule has 22 heavy (non-hydrogen) atoms. The molecule has 1 nitrogen and oxygen atoms in total. The fourth-order valence-corrected chi connectivity index (χ4v) is 3.87. The zero-order valence-electron chi connectivity index (χ0n) is 16.3. The Morgan fingerprint density at radius 3 is 0.773 bits per heavy atom. The molecule has 1 rings (SSSR count). The van der Waals surface area contributed by atoms with Crippen molar-refractivity contribution in [2.24, 2.45) is 0 Å². The molecule has 0 spiro atoms. The molecule has 126 valence electrons. The van der Waals surface area contributed by atoms with Crippen molar-refractivity contribution in [1.29, 1.82) is 0 Å². The van der Waals surface area contributed by atoms with Crippen molar-refractivity contribution in [1.82, 2.24) is 0 Å². The average Bonchev–Trinajstić information content (AvgIpc) is 2.34. The summed E-state index contributed by atoms with van der Waals surface area (Å²) in [6.45, 7) is 22.4. The molecule has 0 unspecified atom stereocenters. The fraction of sp³-hybridized carbons (Fsp3) is 0.714. The first-order valence-electron chi connectivity index (χ1n) is 8.94. The van der Waals surface area contributed by atoms with E-state index in [1.807, 2.05) is 0 Å². The van der Waals surface area contributed by atoms with Gasteiger partial charge in [-0.05, 0) is 46.3 Å². The number of hydrogen-bond donors (Lipinski definition) is 1. The van der Waals surface area contributed by atoms with Gasteiger partial charge in [0.2, 0.25) is 0 Å². The summed E-state index contributed by atoms with van der Waals surface area (Å²) < 4.78 is 0. The third kappa shape index (κ3) is 3.34. The van der Waals surface area contributed by atoms with Crippen molar-refractivity contribution in [3.63, 3.8) is 0 Å². The highest BCUT2D eigenvalue weighted by atomic mass is 16.3. The zero-order chi connectivity index (χ0) is 17.4. The largest absolute Gasteiger partial charge is 0.507 e. The lowest BCUT2D eigenvalue weighted by Gasteiger charge is -2.32.